The Morgan fingerprint density at radius 3 is 2.58 bits per heavy atom. The average molecular weight is 271 g/mol. The van der Waals surface area contributed by atoms with Crippen molar-refractivity contribution in [3.05, 3.63) is 12.2 Å². The van der Waals surface area contributed by atoms with Gasteiger partial charge in [-0.05, 0) is 18.9 Å². The van der Waals surface area contributed by atoms with Crippen LogP contribution in [0.1, 0.15) is 12.8 Å². The van der Waals surface area contributed by atoms with Crippen molar-refractivity contribution in [3.8, 4) is 6.07 Å². The molecule has 0 radical (unpaired) electrons. The Hall–Kier alpha value is -1.01. The van der Waals surface area contributed by atoms with Crippen molar-refractivity contribution in [2.24, 2.45) is 0 Å². The number of aliphatic hydroxyl groups is 4. The van der Waals surface area contributed by atoms with Crippen molar-refractivity contribution in [1.82, 2.24) is 0 Å². The lowest BCUT2D eigenvalue weighted by molar-refractivity contribution is -0.315. The zero-order valence-electron chi connectivity index (χ0n) is 10.2. The van der Waals surface area contributed by atoms with E-state index < -0.39 is 42.9 Å². The van der Waals surface area contributed by atoms with E-state index in [0.29, 0.717) is 12.8 Å². The second-order valence-electron chi connectivity index (χ2n) is 4.76. The highest BCUT2D eigenvalue weighted by atomic mass is 16.7. The van der Waals surface area contributed by atoms with Crippen molar-refractivity contribution in [3.63, 3.8) is 0 Å². The topological polar surface area (TPSA) is 123 Å². The van der Waals surface area contributed by atoms with E-state index in [-0.39, 0.29) is 0 Å². The standard InChI is InChI=1S/C12H17NO6/c13-6-12(3-1-2-4-12)19-11-10(17)9(16)8(15)7(5-14)18-11/h1,3,7-11,14-17H,2,4-5H2. The third-order valence-corrected chi connectivity index (χ3v) is 3.43. The maximum atomic E-state index is 9.82. The SMILES string of the molecule is N#CC1(OC2OC(CO)C(O)C(O)C2O)C=CCC1. The largest absolute Gasteiger partial charge is 0.394 e. The zero-order valence-corrected chi connectivity index (χ0v) is 10.2. The van der Waals surface area contributed by atoms with E-state index in [1.54, 1.807) is 12.2 Å². The molecule has 1 aliphatic carbocycles. The third-order valence-electron chi connectivity index (χ3n) is 3.43. The summed E-state index contributed by atoms with van der Waals surface area (Å²) in [5.74, 6) is 0. The maximum absolute atomic E-state index is 9.82. The Kier molecular flexibility index (Phi) is 4.20. The van der Waals surface area contributed by atoms with Gasteiger partial charge in [0, 0.05) is 0 Å². The van der Waals surface area contributed by atoms with Crippen LogP contribution < -0.4 is 0 Å². The molecule has 1 fully saturated rings. The predicted molar refractivity (Wildman–Crippen MR) is 61.6 cm³/mol. The van der Waals surface area contributed by atoms with Crippen molar-refractivity contribution >= 4 is 0 Å². The van der Waals surface area contributed by atoms with Gasteiger partial charge in [0.2, 0.25) is 0 Å². The number of hydrogen-bond acceptors (Lipinski definition) is 7. The minimum absolute atomic E-state index is 0.429. The maximum Gasteiger partial charge on any atom is 0.189 e. The van der Waals surface area contributed by atoms with Crippen molar-refractivity contribution in [2.45, 2.75) is 49.1 Å². The number of allylic oxidation sites excluding steroid dienone is 1. The molecule has 1 saturated heterocycles. The Morgan fingerprint density at radius 2 is 2.05 bits per heavy atom. The Labute approximate surface area is 110 Å². The van der Waals surface area contributed by atoms with Crippen LogP contribution in [0.3, 0.4) is 0 Å². The molecule has 6 atom stereocenters. The van der Waals surface area contributed by atoms with Crippen LogP contribution in [-0.2, 0) is 9.47 Å². The monoisotopic (exact) mass is 271 g/mol. The fraction of sp³-hybridized carbons (Fsp3) is 0.750. The summed E-state index contributed by atoms with van der Waals surface area (Å²) in [5, 5.41) is 47.3. The van der Waals surface area contributed by atoms with Gasteiger partial charge in [-0.15, -0.1) is 0 Å². The average Bonchev–Trinajstić information content (AvgIpc) is 2.89. The Morgan fingerprint density at radius 1 is 1.32 bits per heavy atom. The van der Waals surface area contributed by atoms with Gasteiger partial charge in [0.25, 0.3) is 0 Å². The highest BCUT2D eigenvalue weighted by Gasteiger charge is 2.47. The first kappa shape index (κ1) is 14.4. The van der Waals surface area contributed by atoms with Gasteiger partial charge in [0.1, 0.15) is 30.5 Å². The van der Waals surface area contributed by atoms with E-state index in [1.165, 1.54) is 0 Å². The Balaban J connectivity index is 2.11. The van der Waals surface area contributed by atoms with Gasteiger partial charge in [-0.2, -0.15) is 5.26 Å². The van der Waals surface area contributed by atoms with E-state index in [0.717, 1.165) is 0 Å². The molecular weight excluding hydrogens is 254 g/mol. The number of aliphatic hydroxyl groups excluding tert-OH is 4. The molecule has 0 bridgehead atoms. The molecule has 7 heteroatoms. The lowest BCUT2D eigenvalue weighted by atomic mass is 9.98. The number of nitriles is 1. The van der Waals surface area contributed by atoms with Gasteiger partial charge in [-0.3, -0.25) is 0 Å². The highest BCUT2D eigenvalue weighted by molar-refractivity contribution is 5.21. The molecule has 0 spiro atoms. The molecule has 2 rings (SSSR count). The van der Waals surface area contributed by atoms with Crippen LogP contribution in [0.15, 0.2) is 12.2 Å². The molecule has 0 amide bonds. The fourth-order valence-electron chi connectivity index (χ4n) is 2.24. The van der Waals surface area contributed by atoms with Gasteiger partial charge in [-0.1, -0.05) is 6.08 Å². The van der Waals surface area contributed by atoms with Gasteiger partial charge in [-0.25, -0.2) is 0 Å². The molecule has 0 aromatic carbocycles. The van der Waals surface area contributed by atoms with E-state index in [9.17, 15) is 15.3 Å². The third kappa shape index (κ3) is 2.65. The number of rotatable bonds is 3. The van der Waals surface area contributed by atoms with Crippen molar-refractivity contribution < 1.29 is 29.9 Å². The summed E-state index contributed by atoms with van der Waals surface area (Å²) in [5.41, 5.74) is -1.20. The predicted octanol–water partition coefficient (Wildman–Crippen LogP) is -1.58. The van der Waals surface area contributed by atoms with E-state index >= 15 is 0 Å². The second kappa shape index (κ2) is 5.54. The zero-order chi connectivity index (χ0) is 14.0. The first-order valence-corrected chi connectivity index (χ1v) is 6.10. The quantitative estimate of drug-likeness (QED) is 0.456. The molecule has 106 valence electrons. The van der Waals surface area contributed by atoms with Gasteiger partial charge in [0.15, 0.2) is 11.9 Å². The number of nitrogens with zero attached hydrogens (tertiary/aromatic N) is 1. The van der Waals surface area contributed by atoms with Crippen LogP contribution in [0.5, 0.6) is 0 Å². The van der Waals surface area contributed by atoms with Crippen LogP contribution >= 0.6 is 0 Å². The van der Waals surface area contributed by atoms with Crippen LogP contribution in [-0.4, -0.2) is 63.3 Å². The summed E-state index contributed by atoms with van der Waals surface area (Å²) >= 11 is 0. The smallest absolute Gasteiger partial charge is 0.189 e. The number of hydrogen-bond donors (Lipinski definition) is 4. The van der Waals surface area contributed by atoms with Crippen molar-refractivity contribution in [2.75, 3.05) is 6.61 Å². The van der Waals surface area contributed by atoms with E-state index in [1.807, 2.05) is 6.07 Å². The summed E-state index contributed by atoms with van der Waals surface area (Å²) in [6.07, 6.45) is -2.28. The first-order valence-electron chi connectivity index (χ1n) is 6.10. The molecule has 1 aliphatic heterocycles. The molecule has 1 heterocycles. The second-order valence-corrected chi connectivity index (χ2v) is 4.76. The normalized spacial score (nSPS) is 46.2. The first-order chi connectivity index (χ1) is 9.03. The van der Waals surface area contributed by atoms with Gasteiger partial charge in [0.05, 0.1) is 6.61 Å². The van der Waals surface area contributed by atoms with Crippen molar-refractivity contribution in [1.29, 1.82) is 5.26 Å². The van der Waals surface area contributed by atoms with Crippen LogP contribution in [0.2, 0.25) is 0 Å². The summed E-state index contributed by atoms with van der Waals surface area (Å²) in [6, 6.07) is 2.00. The van der Waals surface area contributed by atoms with E-state index in [2.05, 4.69) is 0 Å². The Bertz CT molecular complexity index is 392. The molecule has 19 heavy (non-hydrogen) atoms. The van der Waals surface area contributed by atoms with E-state index in [4.69, 9.17) is 19.8 Å². The summed E-state index contributed by atoms with van der Waals surface area (Å²) in [7, 11) is 0. The molecule has 0 aromatic heterocycles. The lowest BCUT2D eigenvalue weighted by Gasteiger charge is -2.41. The van der Waals surface area contributed by atoms with Gasteiger partial charge < -0.3 is 29.9 Å². The molecule has 7 nitrogen and oxygen atoms in total. The molecule has 0 aromatic rings. The summed E-state index contributed by atoms with van der Waals surface area (Å²) in [4.78, 5) is 0. The minimum atomic E-state index is -1.50. The highest BCUT2D eigenvalue weighted by Crippen LogP contribution is 2.31. The molecule has 6 unspecified atom stereocenters. The van der Waals surface area contributed by atoms with Crippen LogP contribution in [0.4, 0.5) is 0 Å². The molecule has 0 saturated carbocycles. The lowest BCUT2D eigenvalue weighted by Crippen LogP contribution is -2.60. The molecule has 2 aliphatic rings. The molecule has 4 N–H and O–H groups in total. The minimum Gasteiger partial charge on any atom is -0.394 e. The van der Waals surface area contributed by atoms with Gasteiger partial charge >= 0.3 is 0 Å². The summed E-state index contributed by atoms with van der Waals surface area (Å²) in [6.45, 7) is -0.528. The fourth-order valence-corrected chi connectivity index (χ4v) is 2.24. The number of ether oxygens (including phenoxy) is 2. The van der Waals surface area contributed by atoms with Crippen LogP contribution in [0.25, 0.3) is 0 Å². The molecular formula is C12H17NO6. The van der Waals surface area contributed by atoms with Crippen LogP contribution in [0, 0.1) is 11.3 Å². The summed E-state index contributed by atoms with van der Waals surface area (Å²) < 4.78 is 10.7.